The third kappa shape index (κ3) is 5.19. The van der Waals surface area contributed by atoms with Crippen LogP contribution in [-0.2, 0) is 4.79 Å². The van der Waals surface area contributed by atoms with Crippen LogP contribution in [0.25, 0.3) is 0 Å². The smallest absolute Gasteiger partial charge is 0.248 e. The molecule has 0 aromatic carbocycles. The zero-order valence-electron chi connectivity index (χ0n) is 10.3. The van der Waals surface area contributed by atoms with Gasteiger partial charge in [-0.2, -0.15) is 0 Å². The molecule has 2 nitrogen and oxygen atoms in total. The van der Waals surface area contributed by atoms with Crippen LogP contribution in [0.5, 0.6) is 0 Å². The van der Waals surface area contributed by atoms with Gasteiger partial charge in [-0.15, -0.1) is 11.6 Å². The number of rotatable bonds is 4. The summed E-state index contributed by atoms with van der Waals surface area (Å²) in [7, 11) is 0. The van der Waals surface area contributed by atoms with Crippen LogP contribution >= 0.6 is 11.6 Å². The number of carbonyl (C=O) groups is 1. The predicted molar refractivity (Wildman–Crippen MR) is 64.4 cm³/mol. The summed E-state index contributed by atoms with van der Waals surface area (Å²) >= 11 is 5.83. The molecule has 1 fully saturated rings. The van der Waals surface area contributed by atoms with E-state index in [0.717, 1.165) is 0 Å². The number of alkyl halides is 3. The lowest BCUT2D eigenvalue weighted by Crippen LogP contribution is -2.40. The van der Waals surface area contributed by atoms with Crippen molar-refractivity contribution in [3.63, 3.8) is 0 Å². The van der Waals surface area contributed by atoms with Gasteiger partial charge in [-0.25, -0.2) is 8.78 Å². The second kappa shape index (κ2) is 5.98. The van der Waals surface area contributed by atoms with E-state index in [0.29, 0.717) is 6.42 Å². The number of hydrogen-bond donors (Lipinski definition) is 1. The van der Waals surface area contributed by atoms with Gasteiger partial charge in [0.2, 0.25) is 11.8 Å². The molecule has 2 unspecified atom stereocenters. The molecule has 0 saturated heterocycles. The average Bonchev–Trinajstić information content (AvgIpc) is 2.15. The summed E-state index contributed by atoms with van der Waals surface area (Å²) < 4.78 is 25.9. The van der Waals surface area contributed by atoms with Crippen molar-refractivity contribution in [2.24, 2.45) is 5.92 Å². The number of hydrogen-bond acceptors (Lipinski definition) is 1. The molecule has 0 heterocycles. The molecule has 0 bridgehead atoms. The van der Waals surface area contributed by atoms with Crippen molar-refractivity contribution >= 4 is 17.5 Å². The fourth-order valence-electron chi connectivity index (χ4n) is 2.21. The Morgan fingerprint density at radius 3 is 2.41 bits per heavy atom. The van der Waals surface area contributed by atoms with E-state index in [2.05, 4.69) is 5.32 Å². The summed E-state index contributed by atoms with van der Waals surface area (Å²) in [5, 5.41) is 2.84. The first-order valence-electron chi connectivity index (χ1n) is 6.12. The molecule has 1 aliphatic rings. The third-order valence-corrected chi connectivity index (χ3v) is 3.33. The molecule has 100 valence electrons. The van der Waals surface area contributed by atoms with E-state index in [4.69, 9.17) is 11.6 Å². The summed E-state index contributed by atoms with van der Waals surface area (Å²) in [5.41, 5.74) is 0. The van der Waals surface area contributed by atoms with Gasteiger partial charge < -0.3 is 5.32 Å². The van der Waals surface area contributed by atoms with Crippen molar-refractivity contribution in [2.75, 3.05) is 0 Å². The van der Waals surface area contributed by atoms with E-state index in [9.17, 15) is 13.6 Å². The summed E-state index contributed by atoms with van der Waals surface area (Å²) in [4.78, 5) is 11.8. The molecule has 1 aliphatic carbocycles. The van der Waals surface area contributed by atoms with Gasteiger partial charge in [0.1, 0.15) is 0 Å². The number of nitrogens with one attached hydrogen (secondary N) is 1. The number of halogens is 3. The molecule has 0 spiro atoms. The summed E-state index contributed by atoms with van der Waals surface area (Å²) in [6, 6.07) is -0.00237. The Morgan fingerprint density at radius 2 is 1.94 bits per heavy atom. The molecular weight excluding hydrogens is 248 g/mol. The summed E-state index contributed by atoms with van der Waals surface area (Å²) in [6.45, 7) is 3.75. The Balaban J connectivity index is 2.34. The minimum atomic E-state index is -2.58. The van der Waals surface area contributed by atoms with E-state index in [1.54, 1.807) is 0 Å². The van der Waals surface area contributed by atoms with Crippen LogP contribution in [0.4, 0.5) is 8.78 Å². The molecule has 0 aromatic heterocycles. The summed E-state index contributed by atoms with van der Waals surface area (Å²) in [5.74, 6) is -2.94. The molecule has 1 N–H and O–H groups in total. The van der Waals surface area contributed by atoms with Gasteiger partial charge in [0.15, 0.2) is 0 Å². The van der Waals surface area contributed by atoms with E-state index in [1.807, 2.05) is 13.8 Å². The van der Waals surface area contributed by atoms with Crippen molar-refractivity contribution < 1.29 is 13.6 Å². The molecule has 2 atom stereocenters. The van der Waals surface area contributed by atoms with E-state index >= 15 is 0 Å². The molecular formula is C12H20ClF2NO. The minimum Gasteiger partial charge on any atom is -0.353 e. The van der Waals surface area contributed by atoms with Crippen LogP contribution in [0.3, 0.4) is 0 Å². The van der Waals surface area contributed by atoms with Crippen LogP contribution in [-0.4, -0.2) is 23.2 Å². The molecule has 0 aliphatic heterocycles. The van der Waals surface area contributed by atoms with Gasteiger partial charge in [-0.05, 0) is 33.1 Å². The molecule has 17 heavy (non-hydrogen) atoms. The Morgan fingerprint density at radius 1 is 1.41 bits per heavy atom. The molecule has 1 amide bonds. The predicted octanol–water partition coefficient (Wildman–Crippen LogP) is 3.33. The van der Waals surface area contributed by atoms with Crippen LogP contribution < -0.4 is 5.32 Å². The maximum atomic E-state index is 12.9. The van der Waals surface area contributed by atoms with Crippen molar-refractivity contribution in [1.82, 2.24) is 5.32 Å². The number of carbonyl (C=O) groups excluding carboxylic acids is 1. The molecule has 0 aromatic rings. The van der Waals surface area contributed by atoms with Gasteiger partial charge in [0.05, 0.1) is 0 Å². The first kappa shape index (κ1) is 14.7. The van der Waals surface area contributed by atoms with Crippen molar-refractivity contribution in [3.8, 4) is 0 Å². The quantitative estimate of drug-likeness (QED) is 0.778. The zero-order chi connectivity index (χ0) is 13.1. The molecule has 5 heteroatoms. The summed E-state index contributed by atoms with van der Waals surface area (Å²) in [6.07, 6.45) is 0.900. The SMILES string of the molecule is CC(Cl)CC(C)NC(=O)C1CCC(F)(F)CC1. The fourth-order valence-corrected chi connectivity index (χ4v) is 2.48. The lowest BCUT2D eigenvalue weighted by Gasteiger charge is -2.28. The van der Waals surface area contributed by atoms with Crippen LogP contribution in [0.2, 0.25) is 0 Å². The van der Waals surface area contributed by atoms with Gasteiger partial charge in [-0.3, -0.25) is 4.79 Å². The Kier molecular flexibility index (Phi) is 5.17. The Labute approximate surface area is 106 Å². The van der Waals surface area contributed by atoms with E-state index in [-0.39, 0.29) is 48.9 Å². The van der Waals surface area contributed by atoms with Crippen LogP contribution in [0.1, 0.15) is 46.0 Å². The molecule has 0 radical (unpaired) electrons. The van der Waals surface area contributed by atoms with E-state index in [1.165, 1.54) is 0 Å². The highest BCUT2D eigenvalue weighted by atomic mass is 35.5. The van der Waals surface area contributed by atoms with Crippen molar-refractivity contribution in [3.05, 3.63) is 0 Å². The van der Waals surface area contributed by atoms with Gasteiger partial charge in [-0.1, -0.05) is 0 Å². The van der Waals surface area contributed by atoms with Crippen molar-refractivity contribution in [1.29, 1.82) is 0 Å². The number of amides is 1. The standard InChI is InChI=1S/C12H20ClF2NO/c1-8(13)7-9(2)16-11(17)10-3-5-12(14,15)6-4-10/h8-10H,3-7H2,1-2H3,(H,16,17). The van der Waals surface area contributed by atoms with Crippen LogP contribution in [0, 0.1) is 5.92 Å². The maximum absolute atomic E-state index is 12.9. The third-order valence-electron chi connectivity index (χ3n) is 3.15. The highest BCUT2D eigenvalue weighted by molar-refractivity contribution is 6.20. The van der Waals surface area contributed by atoms with Crippen LogP contribution in [0.15, 0.2) is 0 Å². The molecule has 1 rings (SSSR count). The Bertz CT molecular complexity index is 261. The van der Waals surface area contributed by atoms with Gasteiger partial charge in [0.25, 0.3) is 0 Å². The van der Waals surface area contributed by atoms with E-state index < -0.39 is 5.92 Å². The fraction of sp³-hybridized carbons (Fsp3) is 0.917. The van der Waals surface area contributed by atoms with Gasteiger partial charge in [0, 0.05) is 30.2 Å². The minimum absolute atomic E-state index is 0.000916. The Hall–Kier alpha value is -0.380. The van der Waals surface area contributed by atoms with Crippen molar-refractivity contribution in [2.45, 2.75) is 63.3 Å². The largest absolute Gasteiger partial charge is 0.353 e. The first-order chi connectivity index (χ1) is 7.80. The first-order valence-corrected chi connectivity index (χ1v) is 6.56. The topological polar surface area (TPSA) is 29.1 Å². The highest BCUT2D eigenvalue weighted by Crippen LogP contribution is 2.36. The highest BCUT2D eigenvalue weighted by Gasteiger charge is 2.37. The lowest BCUT2D eigenvalue weighted by molar-refractivity contribution is -0.129. The second-order valence-electron chi connectivity index (χ2n) is 5.06. The lowest BCUT2D eigenvalue weighted by atomic mass is 9.86. The normalized spacial score (nSPS) is 24.1. The zero-order valence-corrected chi connectivity index (χ0v) is 11.1. The maximum Gasteiger partial charge on any atom is 0.248 e. The molecule has 1 saturated carbocycles. The second-order valence-corrected chi connectivity index (χ2v) is 5.80. The average molecular weight is 268 g/mol. The monoisotopic (exact) mass is 267 g/mol. The van der Waals surface area contributed by atoms with Gasteiger partial charge >= 0.3 is 0 Å².